The number of hydrogen-bond acceptors (Lipinski definition) is 2. The van der Waals surface area contributed by atoms with E-state index in [4.69, 9.17) is 5.11 Å². The van der Waals surface area contributed by atoms with Gasteiger partial charge in [0.1, 0.15) is 0 Å². The van der Waals surface area contributed by atoms with Crippen LogP contribution in [0.1, 0.15) is 51.2 Å². The summed E-state index contributed by atoms with van der Waals surface area (Å²) in [6.45, 7) is 10.6. The zero-order chi connectivity index (χ0) is 14.6. The van der Waals surface area contributed by atoms with Gasteiger partial charge in [0.05, 0.1) is 5.41 Å². The van der Waals surface area contributed by atoms with Crippen molar-refractivity contribution in [2.45, 2.75) is 47.0 Å². The van der Waals surface area contributed by atoms with Gasteiger partial charge in [-0.3, -0.25) is 4.79 Å². The quantitative estimate of drug-likeness (QED) is 0.814. The Kier molecular flexibility index (Phi) is 4.98. The topological polar surface area (TPSA) is 49.3 Å². The van der Waals surface area contributed by atoms with E-state index in [9.17, 15) is 4.79 Å². The van der Waals surface area contributed by atoms with E-state index in [0.717, 1.165) is 5.69 Å². The van der Waals surface area contributed by atoms with Crippen molar-refractivity contribution in [1.29, 1.82) is 0 Å². The Morgan fingerprint density at radius 2 is 2.00 bits per heavy atom. The molecule has 1 aromatic rings. The van der Waals surface area contributed by atoms with Gasteiger partial charge in [-0.2, -0.15) is 0 Å². The number of hydrogen-bond donors (Lipinski definition) is 2. The zero-order valence-corrected chi connectivity index (χ0v) is 12.6. The number of para-hydroxylation sites is 1. The Balaban J connectivity index is 2.76. The molecular formula is C16H25NO2. The maximum atomic E-state index is 11.1. The lowest BCUT2D eigenvalue weighted by Gasteiger charge is -2.22. The van der Waals surface area contributed by atoms with Crippen LogP contribution in [-0.2, 0) is 4.79 Å². The molecule has 0 atom stereocenters. The lowest BCUT2D eigenvalue weighted by molar-refractivity contribution is -0.147. The summed E-state index contributed by atoms with van der Waals surface area (Å²) in [4.78, 5) is 11.1. The molecule has 0 bridgehead atoms. The molecule has 0 aliphatic rings. The molecule has 0 saturated carbocycles. The lowest BCUT2D eigenvalue weighted by Crippen LogP contribution is -2.26. The summed E-state index contributed by atoms with van der Waals surface area (Å²) in [5, 5.41) is 12.5. The number of rotatable bonds is 6. The summed E-state index contributed by atoms with van der Waals surface area (Å²) >= 11 is 0. The van der Waals surface area contributed by atoms with Gasteiger partial charge in [0.15, 0.2) is 0 Å². The molecule has 0 aromatic heterocycles. The summed E-state index contributed by atoms with van der Waals surface area (Å²) in [6.07, 6.45) is 0.605. The molecule has 0 aliphatic heterocycles. The van der Waals surface area contributed by atoms with E-state index in [0.29, 0.717) is 18.9 Å². The maximum absolute atomic E-state index is 11.1. The van der Waals surface area contributed by atoms with Crippen molar-refractivity contribution in [1.82, 2.24) is 0 Å². The fourth-order valence-electron chi connectivity index (χ4n) is 2.02. The van der Waals surface area contributed by atoms with Crippen molar-refractivity contribution in [3.63, 3.8) is 0 Å². The van der Waals surface area contributed by atoms with Crippen LogP contribution < -0.4 is 5.32 Å². The number of benzene rings is 1. The van der Waals surface area contributed by atoms with Crippen molar-refractivity contribution in [2.24, 2.45) is 5.41 Å². The summed E-state index contributed by atoms with van der Waals surface area (Å²) in [5.41, 5.74) is 2.96. The standard InChI is InChI=1S/C16H25NO2/c1-11(2)13-8-6-7-12(3)14(13)17-10-9-16(4,5)15(18)19/h6-8,11,17H,9-10H2,1-5H3,(H,18,19). The lowest BCUT2D eigenvalue weighted by atomic mass is 9.89. The Bertz CT molecular complexity index is 450. The molecule has 0 saturated heterocycles. The van der Waals surface area contributed by atoms with Crippen LogP contribution in [0.2, 0.25) is 0 Å². The molecule has 1 rings (SSSR count). The first-order valence-corrected chi connectivity index (χ1v) is 6.82. The maximum Gasteiger partial charge on any atom is 0.309 e. The van der Waals surface area contributed by atoms with Gasteiger partial charge in [-0.1, -0.05) is 32.0 Å². The van der Waals surface area contributed by atoms with E-state index >= 15 is 0 Å². The fourth-order valence-corrected chi connectivity index (χ4v) is 2.02. The van der Waals surface area contributed by atoms with Gasteiger partial charge in [-0.25, -0.2) is 0 Å². The van der Waals surface area contributed by atoms with Crippen molar-refractivity contribution in [3.8, 4) is 0 Å². The molecular weight excluding hydrogens is 238 g/mol. The van der Waals surface area contributed by atoms with Gasteiger partial charge in [-0.15, -0.1) is 0 Å². The van der Waals surface area contributed by atoms with Crippen molar-refractivity contribution < 1.29 is 9.90 Å². The van der Waals surface area contributed by atoms with Gasteiger partial charge in [0.2, 0.25) is 0 Å². The first-order valence-electron chi connectivity index (χ1n) is 6.82. The van der Waals surface area contributed by atoms with E-state index in [1.54, 1.807) is 13.8 Å². The molecule has 19 heavy (non-hydrogen) atoms. The van der Waals surface area contributed by atoms with Gasteiger partial charge < -0.3 is 10.4 Å². The van der Waals surface area contributed by atoms with Crippen LogP contribution in [0.25, 0.3) is 0 Å². The van der Waals surface area contributed by atoms with Gasteiger partial charge in [0.25, 0.3) is 0 Å². The molecule has 0 amide bonds. The zero-order valence-electron chi connectivity index (χ0n) is 12.6. The minimum absolute atomic E-state index is 0.454. The number of carboxylic acids is 1. The van der Waals surface area contributed by atoms with Crippen LogP contribution in [0, 0.1) is 12.3 Å². The third-order valence-corrected chi connectivity index (χ3v) is 3.56. The molecule has 1 aromatic carbocycles. The van der Waals surface area contributed by atoms with Crippen LogP contribution in [0.3, 0.4) is 0 Å². The van der Waals surface area contributed by atoms with Gasteiger partial charge >= 0.3 is 5.97 Å². The summed E-state index contributed by atoms with van der Waals surface area (Å²) < 4.78 is 0. The van der Waals surface area contributed by atoms with E-state index in [1.165, 1.54) is 11.1 Å². The van der Waals surface area contributed by atoms with Crippen LogP contribution in [0.15, 0.2) is 18.2 Å². The molecule has 0 unspecified atom stereocenters. The first kappa shape index (κ1) is 15.5. The summed E-state index contributed by atoms with van der Waals surface area (Å²) in [7, 11) is 0. The molecule has 2 N–H and O–H groups in total. The molecule has 0 heterocycles. The number of carbonyl (C=O) groups is 1. The highest BCUT2D eigenvalue weighted by atomic mass is 16.4. The number of carboxylic acid groups (broad SMARTS) is 1. The minimum atomic E-state index is -0.747. The third-order valence-electron chi connectivity index (χ3n) is 3.56. The predicted octanol–water partition coefficient (Wildman–Crippen LogP) is 4.03. The third kappa shape index (κ3) is 3.98. The SMILES string of the molecule is Cc1cccc(C(C)C)c1NCCC(C)(C)C(=O)O. The molecule has 0 radical (unpaired) electrons. The van der Waals surface area contributed by atoms with E-state index in [1.807, 2.05) is 0 Å². The summed E-state index contributed by atoms with van der Waals surface area (Å²) in [6, 6.07) is 6.27. The monoisotopic (exact) mass is 263 g/mol. The Hall–Kier alpha value is -1.51. The fraction of sp³-hybridized carbons (Fsp3) is 0.562. The van der Waals surface area contributed by atoms with Crippen molar-refractivity contribution >= 4 is 11.7 Å². The normalized spacial score (nSPS) is 11.7. The highest BCUT2D eigenvalue weighted by Gasteiger charge is 2.26. The molecule has 3 nitrogen and oxygen atoms in total. The number of nitrogens with one attached hydrogen (secondary N) is 1. The van der Waals surface area contributed by atoms with Crippen LogP contribution in [-0.4, -0.2) is 17.6 Å². The molecule has 0 fully saturated rings. The van der Waals surface area contributed by atoms with E-state index < -0.39 is 11.4 Å². The first-order chi connectivity index (χ1) is 8.75. The minimum Gasteiger partial charge on any atom is -0.481 e. The Morgan fingerprint density at radius 1 is 1.37 bits per heavy atom. The Labute approximate surface area is 116 Å². The van der Waals surface area contributed by atoms with Crippen LogP contribution in [0.4, 0.5) is 5.69 Å². The summed E-state index contributed by atoms with van der Waals surface area (Å²) in [5.74, 6) is -0.293. The molecule has 0 spiro atoms. The Morgan fingerprint density at radius 3 is 2.53 bits per heavy atom. The van der Waals surface area contributed by atoms with Gasteiger partial charge in [-0.05, 0) is 44.2 Å². The van der Waals surface area contributed by atoms with Crippen LogP contribution in [0.5, 0.6) is 0 Å². The highest BCUT2D eigenvalue weighted by Crippen LogP contribution is 2.28. The average Bonchev–Trinajstić information content (AvgIpc) is 2.30. The number of aryl methyl sites for hydroxylation is 1. The largest absolute Gasteiger partial charge is 0.481 e. The molecule has 0 aliphatic carbocycles. The van der Waals surface area contributed by atoms with E-state index in [-0.39, 0.29) is 0 Å². The molecule has 106 valence electrons. The van der Waals surface area contributed by atoms with Crippen LogP contribution >= 0.6 is 0 Å². The van der Waals surface area contributed by atoms with Gasteiger partial charge in [0, 0.05) is 12.2 Å². The second-order valence-electron chi connectivity index (χ2n) is 6.06. The number of aliphatic carboxylic acids is 1. The average molecular weight is 263 g/mol. The second-order valence-corrected chi connectivity index (χ2v) is 6.06. The predicted molar refractivity (Wildman–Crippen MR) is 79.8 cm³/mol. The van der Waals surface area contributed by atoms with Crippen molar-refractivity contribution in [3.05, 3.63) is 29.3 Å². The van der Waals surface area contributed by atoms with E-state index in [2.05, 4.69) is 44.3 Å². The van der Waals surface area contributed by atoms with Crippen molar-refractivity contribution in [2.75, 3.05) is 11.9 Å². The smallest absolute Gasteiger partial charge is 0.309 e. The molecule has 3 heteroatoms. The second kappa shape index (κ2) is 6.09. The number of anilines is 1. The highest BCUT2D eigenvalue weighted by molar-refractivity contribution is 5.73.